The molecule has 1 aliphatic rings. The predicted molar refractivity (Wildman–Crippen MR) is 171 cm³/mol. The van der Waals surface area contributed by atoms with Crippen LogP contribution in [0.2, 0.25) is 0 Å². The van der Waals surface area contributed by atoms with Gasteiger partial charge in [0.05, 0.1) is 10.6 Å². The van der Waals surface area contributed by atoms with E-state index in [4.69, 9.17) is 0 Å². The number of carbonyl (C=O) groups is 2. The number of halogens is 1. The van der Waals surface area contributed by atoms with Gasteiger partial charge in [0.25, 0.3) is 10.0 Å². The number of sulfonamides is 1. The van der Waals surface area contributed by atoms with Crippen molar-refractivity contribution in [2.24, 2.45) is 0 Å². The van der Waals surface area contributed by atoms with E-state index in [2.05, 4.69) is 27.9 Å². The second kappa shape index (κ2) is 14.3. The molecule has 41 heavy (non-hydrogen) atoms. The Balaban J connectivity index is 1.69. The molecule has 1 atom stereocenters. The molecule has 0 radical (unpaired) electrons. The second-order valence-electron chi connectivity index (χ2n) is 10.6. The number of aryl methyl sites for hydroxylation is 1. The number of hydrogen-bond donors (Lipinski definition) is 1. The van der Waals surface area contributed by atoms with Crippen LogP contribution in [0, 0.1) is 10.5 Å². The van der Waals surface area contributed by atoms with Crippen molar-refractivity contribution in [2.75, 3.05) is 10.8 Å². The topological polar surface area (TPSA) is 86.8 Å². The van der Waals surface area contributed by atoms with Gasteiger partial charge in [-0.2, -0.15) is 0 Å². The maximum atomic E-state index is 14.2. The fourth-order valence-electron chi connectivity index (χ4n) is 5.33. The molecule has 3 aromatic rings. The van der Waals surface area contributed by atoms with Crippen LogP contribution in [0.25, 0.3) is 0 Å². The molecule has 218 valence electrons. The molecule has 1 aliphatic carbocycles. The highest BCUT2D eigenvalue weighted by molar-refractivity contribution is 14.1. The summed E-state index contributed by atoms with van der Waals surface area (Å²) in [5.74, 6) is -0.623. The summed E-state index contributed by atoms with van der Waals surface area (Å²) < 4.78 is 29.9. The van der Waals surface area contributed by atoms with E-state index in [1.807, 2.05) is 50.2 Å². The molecule has 0 bridgehead atoms. The summed E-state index contributed by atoms with van der Waals surface area (Å²) >= 11 is 2.16. The number of hydrogen-bond acceptors (Lipinski definition) is 4. The summed E-state index contributed by atoms with van der Waals surface area (Å²) in [5, 5.41) is 3.18. The number of nitrogens with one attached hydrogen (secondary N) is 1. The highest BCUT2D eigenvalue weighted by Gasteiger charge is 2.34. The largest absolute Gasteiger partial charge is 0.352 e. The van der Waals surface area contributed by atoms with Crippen molar-refractivity contribution in [3.63, 3.8) is 0 Å². The summed E-state index contributed by atoms with van der Waals surface area (Å²) in [5.41, 5.74) is 2.31. The lowest BCUT2D eigenvalue weighted by Crippen LogP contribution is -2.54. The highest BCUT2D eigenvalue weighted by Crippen LogP contribution is 2.26. The smallest absolute Gasteiger partial charge is 0.264 e. The Hall–Kier alpha value is -2.92. The molecule has 3 aromatic carbocycles. The van der Waals surface area contributed by atoms with Crippen molar-refractivity contribution in [2.45, 2.75) is 75.9 Å². The van der Waals surface area contributed by atoms with Crippen LogP contribution in [0.3, 0.4) is 0 Å². The van der Waals surface area contributed by atoms with Crippen LogP contribution in [-0.4, -0.2) is 43.8 Å². The minimum atomic E-state index is -4.07. The molecule has 1 fully saturated rings. The van der Waals surface area contributed by atoms with Gasteiger partial charge in [-0.3, -0.25) is 13.9 Å². The van der Waals surface area contributed by atoms with Gasteiger partial charge in [-0.15, -0.1) is 0 Å². The van der Waals surface area contributed by atoms with E-state index < -0.39 is 28.5 Å². The van der Waals surface area contributed by atoms with Crippen molar-refractivity contribution in [3.05, 3.63) is 93.6 Å². The van der Waals surface area contributed by atoms with Gasteiger partial charge >= 0.3 is 0 Å². The number of nitrogens with zero attached hydrogens (tertiary/aromatic N) is 2. The van der Waals surface area contributed by atoms with Gasteiger partial charge in [0.1, 0.15) is 12.6 Å². The first-order valence-electron chi connectivity index (χ1n) is 14.2. The van der Waals surface area contributed by atoms with E-state index in [1.165, 1.54) is 18.6 Å². The average molecular weight is 688 g/mol. The van der Waals surface area contributed by atoms with Gasteiger partial charge in [0.2, 0.25) is 11.8 Å². The number of anilines is 1. The third kappa shape index (κ3) is 8.09. The zero-order valence-electron chi connectivity index (χ0n) is 23.6. The molecule has 0 aliphatic heterocycles. The fraction of sp³-hybridized carbons (Fsp3) is 0.375. The Morgan fingerprint density at radius 1 is 0.951 bits per heavy atom. The van der Waals surface area contributed by atoms with Gasteiger partial charge in [-0.1, -0.05) is 74.2 Å². The van der Waals surface area contributed by atoms with Gasteiger partial charge < -0.3 is 10.2 Å². The van der Waals surface area contributed by atoms with Crippen molar-refractivity contribution in [1.82, 2.24) is 10.2 Å². The number of benzene rings is 3. The van der Waals surface area contributed by atoms with Crippen LogP contribution in [0.15, 0.2) is 83.8 Å². The van der Waals surface area contributed by atoms with Crippen molar-refractivity contribution in [1.29, 1.82) is 0 Å². The minimum absolute atomic E-state index is 0.0960. The maximum absolute atomic E-state index is 14.2. The molecule has 0 unspecified atom stereocenters. The van der Waals surface area contributed by atoms with Crippen LogP contribution in [0.4, 0.5) is 5.69 Å². The number of carbonyl (C=O) groups excluding carboxylic acids is 2. The van der Waals surface area contributed by atoms with E-state index in [0.717, 1.165) is 44.7 Å². The minimum Gasteiger partial charge on any atom is -0.352 e. The first-order chi connectivity index (χ1) is 19.7. The van der Waals surface area contributed by atoms with Gasteiger partial charge in [-0.25, -0.2) is 8.42 Å². The lowest BCUT2D eigenvalue weighted by Gasteiger charge is -2.34. The monoisotopic (exact) mass is 687 g/mol. The molecule has 1 saturated carbocycles. The van der Waals surface area contributed by atoms with E-state index in [-0.39, 0.29) is 23.4 Å². The lowest BCUT2D eigenvalue weighted by molar-refractivity contribution is -0.140. The summed E-state index contributed by atoms with van der Waals surface area (Å²) in [6.07, 6.45) is 5.61. The molecular weight excluding hydrogens is 649 g/mol. The van der Waals surface area contributed by atoms with E-state index in [0.29, 0.717) is 12.1 Å². The van der Waals surface area contributed by atoms with Crippen LogP contribution < -0.4 is 9.62 Å². The SMILES string of the molecule is CC[C@@H](C(=O)NC1CCCCC1)N(Cc1cccc(C)c1)C(=O)CN(c1ccc(I)cc1)S(=O)(=O)c1ccccc1. The normalized spacial score (nSPS) is 14.7. The Bertz CT molecular complexity index is 1420. The number of amides is 2. The first-order valence-corrected chi connectivity index (χ1v) is 16.7. The summed E-state index contributed by atoms with van der Waals surface area (Å²) in [6.45, 7) is 3.63. The quantitative estimate of drug-likeness (QED) is 0.249. The van der Waals surface area contributed by atoms with Crippen molar-refractivity contribution < 1.29 is 18.0 Å². The summed E-state index contributed by atoms with van der Waals surface area (Å²) in [6, 6.07) is 22.3. The zero-order chi connectivity index (χ0) is 29.4. The summed E-state index contributed by atoms with van der Waals surface area (Å²) in [7, 11) is -4.07. The van der Waals surface area contributed by atoms with Crippen molar-refractivity contribution >= 4 is 50.1 Å². The first kappa shape index (κ1) is 31.0. The van der Waals surface area contributed by atoms with Crippen LogP contribution in [0.1, 0.15) is 56.6 Å². The van der Waals surface area contributed by atoms with Crippen LogP contribution in [0.5, 0.6) is 0 Å². The Morgan fingerprint density at radius 3 is 2.27 bits per heavy atom. The van der Waals surface area contributed by atoms with Crippen LogP contribution >= 0.6 is 22.6 Å². The Kier molecular flexibility index (Phi) is 10.8. The van der Waals surface area contributed by atoms with E-state index >= 15 is 0 Å². The van der Waals surface area contributed by atoms with Crippen molar-refractivity contribution in [3.8, 4) is 0 Å². The Morgan fingerprint density at radius 2 is 1.63 bits per heavy atom. The molecule has 4 rings (SSSR count). The molecule has 0 aromatic heterocycles. The number of rotatable bonds is 11. The average Bonchev–Trinajstić information content (AvgIpc) is 2.97. The molecule has 0 heterocycles. The van der Waals surface area contributed by atoms with Gasteiger partial charge in [0.15, 0.2) is 0 Å². The molecule has 0 saturated heterocycles. The molecule has 1 N–H and O–H groups in total. The maximum Gasteiger partial charge on any atom is 0.264 e. The highest BCUT2D eigenvalue weighted by atomic mass is 127. The molecule has 7 nitrogen and oxygen atoms in total. The molecular formula is C32H38IN3O4S. The zero-order valence-corrected chi connectivity index (χ0v) is 26.6. The predicted octanol–water partition coefficient (Wildman–Crippen LogP) is 6.05. The third-order valence-electron chi connectivity index (χ3n) is 7.50. The van der Waals surface area contributed by atoms with E-state index in [1.54, 1.807) is 35.2 Å². The standard InChI is InChI=1S/C32H38IN3O4S/c1-3-30(32(38)34-27-13-6-4-7-14-27)35(22-25-12-10-11-24(2)21-25)31(37)23-36(28-19-17-26(33)18-20-28)41(39,40)29-15-8-5-9-16-29/h5,8-12,15-21,27,30H,3-4,6-7,13-14,22-23H2,1-2H3,(H,34,38)/t30-/m0/s1. The second-order valence-corrected chi connectivity index (χ2v) is 13.7. The fourth-order valence-corrected chi connectivity index (χ4v) is 7.12. The van der Waals surface area contributed by atoms with Gasteiger partial charge in [0, 0.05) is 16.2 Å². The lowest BCUT2D eigenvalue weighted by atomic mass is 9.95. The van der Waals surface area contributed by atoms with Gasteiger partial charge in [-0.05, 0) is 90.7 Å². The summed E-state index contributed by atoms with van der Waals surface area (Å²) in [4.78, 5) is 29.5. The molecule has 9 heteroatoms. The van der Waals surface area contributed by atoms with Crippen LogP contribution in [-0.2, 0) is 26.2 Å². The molecule has 0 spiro atoms. The third-order valence-corrected chi connectivity index (χ3v) is 10.0. The van der Waals surface area contributed by atoms with E-state index in [9.17, 15) is 18.0 Å². The molecule has 2 amide bonds. The Labute approximate surface area is 257 Å².